The quantitative estimate of drug-likeness (QED) is 0.843. The molecule has 26 heavy (non-hydrogen) atoms. The lowest BCUT2D eigenvalue weighted by molar-refractivity contribution is -0.137. The highest BCUT2D eigenvalue weighted by Gasteiger charge is 2.57. The van der Waals surface area contributed by atoms with E-state index in [2.05, 4.69) is 13.0 Å². The summed E-state index contributed by atoms with van der Waals surface area (Å²) in [5.41, 5.74) is 2.43. The standard InChI is InChI=1S/C22H28O4/c1-22-10-9-17-16-8-6-15(23)11-13(16)5-7-18(17)19(22)12-14(21(22)26)3-2-4-20(24)25/h6,8,11,14,17-19,23H,2-5,7,9-10,12H2,1H3,(H,24,25)/t14?,17-,18-,19+,22+/m1/s1. The summed E-state index contributed by atoms with van der Waals surface area (Å²) in [5, 5.41) is 18.7. The van der Waals surface area contributed by atoms with Gasteiger partial charge in [-0.05, 0) is 86.0 Å². The molecule has 0 radical (unpaired) electrons. The molecule has 5 atom stereocenters. The van der Waals surface area contributed by atoms with Crippen LogP contribution < -0.4 is 0 Å². The first-order chi connectivity index (χ1) is 12.4. The first-order valence-corrected chi connectivity index (χ1v) is 9.98. The lowest BCUT2D eigenvalue weighted by Crippen LogP contribution is -2.42. The summed E-state index contributed by atoms with van der Waals surface area (Å²) in [6, 6.07) is 5.79. The highest BCUT2D eigenvalue weighted by molar-refractivity contribution is 5.89. The molecule has 1 unspecified atom stereocenters. The smallest absolute Gasteiger partial charge is 0.303 e. The van der Waals surface area contributed by atoms with Crippen LogP contribution in [0.3, 0.4) is 0 Å². The molecular formula is C22H28O4. The van der Waals surface area contributed by atoms with Gasteiger partial charge < -0.3 is 10.2 Å². The molecule has 0 heterocycles. The monoisotopic (exact) mass is 356 g/mol. The molecule has 0 spiro atoms. The van der Waals surface area contributed by atoms with Crippen LogP contribution in [0.15, 0.2) is 18.2 Å². The highest BCUT2D eigenvalue weighted by atomic mass is 16.4. The molecule has 1 aromatic rings. The van der Waals surface area contributed by atoms with Gasteiger partial charge in [-0.25, -0.2) is 0 Å². The number of carbonyl (C=O) groups excluding carboxylic acids is 1. The average Bonchev–Trinajstić information content (AvgIpc) is 2.86. The minimum Gasteiger partial charge on any atom is -0.508 e. The maximum atomic E-state index is 13.1. The van der Waals surface area contributed by atoms with Gasteiger partial charge in [-0.1, -0.05) is 13.0 Å². The van der Waals surface area contributed by atoms with E-state index < -0.39 is 5.97 Å². The summed E-state index contributed by atoms with van der Waals surface area (Å²) in [6.45, 7) is 2.17. The van der Waals surface area contributed by atoms with Crippen molar-refractivity contribution in [3.8, 4) is 5.75 Å². The predicted octanol–water partition coefficient (Wildman–Crippen LogP) is 4.30. The van der Waals surface area contributed by atoms with Crippen LogP contribution in [0.2, 0.25) is 0 Å². The Hall–Kier alpha value is -1.84. The van der Waals surface area contributed by atoms with Gasteiger partial charge in [-0.3, -0.25) is 9.59 Å². The van der Waals surface area contributed by atoms with E-state index in [4.69, 9.17) is 5.11 Å². The van der Waals surface area contributed by atoms with Crippen LogP contribution in [-0.4, -0.2) is 22.0 Å². The van der Waals surface area contributed by atoms with Crippen LogP contribution in [0, 0.1) is 23.2 Å². The number of Topliss-reactive ketones (excluding diaryl/α,β-unsaturated/α-hetero) is 1. The molecule has 0 bridgehead atoms. The predicted molar refractivity (Wildman–Crippen MR) is 98.1 cm³/mol. The highest BCUT2D eigenvalue weighted by Crippen LogP contribution is 2.61. The Kier molecular flexibility index (Phi) is 4.32. The number of phenolic OH excluding ortho intramolecular Hbond substituents is 1. The van der Waals surface area contributed by atoms with E-state index in [1.165, 1.54) is 11.1 Å². The second kappa shape index (κ2) is 6.40. The molecule has 4 nitrogen and oxygen atoms in total. The number of aromatic hydroxyl groups is 1. The Morgan fingerprint density at radius 2 is 2.12 bits per heavy atom. The number of phenols is 1. The summed E-state index contributed by atoms with van der Waals surface area (Å²) in [7, 11) is 0. The van der Waals surface area contributed by atoms with E-state index in [1.54, 1.807) is 6.07 Å². The summed E-state index contributed by atoms with van der Waals surface area (Å²) in [4.78, 5) is 23.9. The van der Waals surface area contributed by atoms with Crippen molar-refractivity contribution in [2.45, 2.75) is 64.2 Å². The van der Waals surface area contributed by atoms with Crippen molar-refractivity contribution in [2.24, 2.45) is 23.2 Å². The van der Waals surface area contributed by atoms with Gasteiger partial charge in [0.1, 0.15) is 11.5 Å². The van der Waals surface area contributed by atoms with Crippen molar-refractivity contribution in [3.05, 3.63) is 29.3 Å². The van der Waals surface area contributed by atoms with Gasteiger partial charge in [0.2, 0.25) is 0 Å². The number of rotatable bonds is 4. The molecule has 140 valence electrons. The first kappa shape index (κ1) is 17.6. The summed E-state index contributed by atoms with van der Waals surface area (Å²) in [6.07, 6.45) is 6.48. The van der Waals surface area contributed by atoms with E-state index in [9.17, 15) is 14.7 Å². The molecule has 0 amide bonds. The summed E-state index contributed by atoms with van der Waals surface area (Å²) >= 11 is 0. The largest absolute Gasteiger partial charge is 0.508 e. The second-order valence-corrected chi connectivity index (χ2v) is 8.84. The van der Waals surface area contributed by atoms with Crippen molar-refractivity contribution < 1.29 is 19.8 Å². The van der Waals surface area contributed by atoms with Crippen LogP contribution in [0.1, 0.15) is 68.9 Å². The Balaban J connectivity index is 1.55. The average molecular weight is 356 g/mol. The van der Waals surface area contributed by atoms with Crippen molar-refractivity contribution in [1.82, 2.24) is 0 Å². The van der Waals surface area contributed by atoms with E-state index in [0.717, 1.165) is 38.5 Å². The molecule has 2 fully saturated rings. The van der Waals surface area contributed by atoms with Crippen LogP contribution in [-0.2, 0) is 16.0 Å². The molecule has 3 aliphatic carbocycles. The third-order valence-corrected chi connectivity index (χ3v) is 7.52. The number of aliphatic carboxylic acids is 1. The van der Waals surface area contributed by atoms with Crippen LogP contribution in [0.25, 0.3) is 0 Å². The van der Waals surface area contributed by atoms with Crippen molar-refractivity contribution in [1.29, 1.82) is 0 Å². The Morgan fingerprint density at radius 3 is 2.88 bits per heavy atom. The molecule has 4 rings (SSSR count). The van der Waals surface area contributed by atoms with Crippen LogP contribution in [0.5, 0.6) is 5.75 Å². The maximum Gasteiger partial charge on any atom is 0.303 e. The minimum atomic E-state index is -0.772. The number of carbonyl (C=O) groups is 2. The molecule has 0 aliphatic heterocycles. The number of hydrogen-bond donors (Lipinski definition) is 2. The Bertz CT molecular complexity index is 740. The number of carboxylic acids is 1. The fraction of sp³-hybridized carbons (Fsp3) is 0.636. The van der Waals surface area contributed by atoms with Crippen LogP contribution >= 0.6 is 0 Å². The fourth-order valence-electron chi connectivity index (χ4n) is 6.26. The molecule has 3 aliphatic rings. The van der Waals surface area contributed by atoms with Gasteiger partial charge in [0, 0.05) is 17.8 Å². The minimum absolute atomic E-state index is 0.0457. The number of carboxylic acid groups (broad SMARTS) is 1. The second-order valence-electron chi connectivity index (χ2n) is 8.84. The normalized spacial score (nSPS) is 35.5. The number of hydrogen-bond acceptors (Lipinski definition) is 3. The fourth-order valence-corrected chi connectivity index (χ4v) is 6.26. The van der Waals surface area contributed by atoms with Crippen molar-refractivity contribution in [3.63, 3.8) is 0 Å². The van der Waals surface area contributed by atoms with Crippen molar-refractivity contribution in [2.75, 3.05) is 0 Å². The van der Waals surface area contributed by atoms with Gasteiger partial charge in [-0.2, -0.15) is 0 Å². The van der Waals surface area contributed by atoms with E-state index in [-0.39, 0.29) is 17.8 Å². The Morgan fingerprint density at radius 1 is 1.31 bits per heavy atom. The number of benzene rings is 1. The lowest BCUT2D eigenvalue weighted by Gasteiger charge is -2.48. The zero-order chi connectivity index (χ0) is 18.5. The molecule has 4 heteroatoms. The number of aryl methyl sites for hydroxylation is 1. The molecule has 2 saturated carbocycles. The Labute approximate surface area is 154 Å². The van der Waals surface area contributed by atoms with Crippen LogP contribution in [0.4, 0.5) is 0 Å². The zero-order valence-corrected chi connectivity index (χ0v) is 15.4. The topological polar surface area (TPSA) is 74.6 Å². The number of fused-ring (bicyclic) bond motifs is 5. The van der Waals surface area contributed by atoms with Gasteiger partial charge in [-0.15, -0.1) is 0 Å². The third-order valence-electron chi connectivity index (χ3n) is 7.52. The number of ketones is 1. The summed E-state index contributed by atoms with van der Waals surface area (Å²) in [5.74, 6) is 1.48. The van der Waals surface area contributed by atoms with E-state index in [0.29, 0.717) is 35.7 Å². The summed E-state index contributed by atoms with van der Waals surface area (Å²) < 4.78 is 0. The van der Waals surface area contributed by atoms with E-state index in [1.807, 2.05) is 6.07 Å². The van der Waals surface area contributed by atoms with Gasteiger partial charge in [0.15, 0.2) is 0 Å². The molecule has 0 aromatic heterocycles. The first-order valence-electron chi connectivity index (χ1n) is 9.98. The zero-order valence-electron chi connectivity index (χ0n) is 15.4. The molecular weight excluding hydrogens is 328 g/mol. The molecule has 2 N–H and O–H groups in total. The van der Waals surface area contributed by atoms with Gasteiger partial charge in [0.25, 0.3) is 0 Å². The van der Waals surface area contributed by atoms with Gasteiger partial charge >= 0.3 is 5.97 Å². The van der Waals surface area contributed by atoms with Gasteiger partial charge in [0.05, 0.1) is 0 Å². The molecule has 1 aromatic carbocycles. The molecule has 0 saturated heterocycles. The maximum absolute atomic E-state index is 13.1. The SMILES string of the molecule is C[C@]12CC[C@@H]3c4ccc(O)cc4CC[C@H]3[C@@H]1CC(CCCC(=O)O)C2=O. The lowest BCUT2D eigenvalue weighted by atomic mass is 9.55. The third kappa shape index (κ3) is 2.74. The van der Waals surface area contributed by atoms with E-state index >= 15 is 0 Å². The van der Waals surface area contributed by atoms with Crippen molar-refractivity contribution >= 4 is 11.8 Å².